The van der Waals surface area contributed by atoms with Crippen LogP contribution in [0.15, 0.2) is 94.9 Å². The zero-order chi connectivity index (χ0) is 28.1. The number of alkyl halides is 1. The lowest BCUT2D eigenvalue weighted by Gasteiger charge is -2.03. The number of hydrogen-bond donors (Lipinski definition) is 0. The third-order valence-corrected chi connectivity index (χ3v) is 7.52. The van der Waals surface area contributed by atoms with Crippen LogP contribution in [0.4, 0.5) is 4.39 Å². The third kappa shape index (κ3) is 3.83. The predicted molar refractivity (Wildman–Crippen MR) is 157 cm³/mol. The summed E-state index contributed by atoms with van der Waals surface area (Å²) in [5, 5.41) is 23.2. The third-order valence-electron chi connectivity index (χ3n) is 7.52. The van der Waals surface area contributed by atoms with E-state index in [1.807, 2.05) is 86.0 Å². The van der Waals surface area contributed by atoms with Crippen molar-refractivity contribution in [2.45, 2.75) is 13.6 Å². The molecule has 7 aromatic rings. The average molecular weight is 531 g/mol. The number of benzene rings is 4. The smallest absolute Gasteiger partial charge is 0.206 e. The summed E-state index contributed by atoms with van der Waals surface area (Å²) in [5.74, 6) is 0. The normalized spacial score (nSPS) is 12.5. The second-order valence-electron chi connectivity index (χ2n) is 9.96. The molecule has 0 atom stereocenters. The molecular weight excluding hydrogens is 511 g/mol. The van der Waals surface area contributed by atoms with Crippen LogP contribution in [-0.2, 0) is 6.67 Å². The van der Waals surface area contributed by atoms with Gasteiger partial charge in [0, 0.05) is 21.5 Å². The molecule has 6 aromatic carbocycles. The standard InChI is InChI=1S/C34H19FN6/c1-19-3-2-4-22(13-19)24-10-12-26-28(15-24)30(39-18-37)34-32(26)41-33-29(38-17-36)27-14-23(9-11-25(27)31(33)40-34)21-7-5-20(16-35)6-8-21/h2-15H,16H2,1H3. The minimum Gasteiger partial charge on any atom is -0.246 e. The maximum Gasteiger partial charge on any atom is 0.206 e. The number of halogens is 1. The topological polar surface area (TPSA) is 98.1 Å². The lowest BCUT2D eigenvalue weighted by atomic mass is 10.0. The molecule has 6 nitrogen and oxygen atoms in total. The van der Waals surface area contributed by atoms with Crippen LogP contribution < -0.4 is 10.7 Å². The lowest BCUT2D eigenvalue weighted by Crippen LogP contribution is -2.03. The highest BCUT2D eigenvalue weighted by Gasteiger charge is 2.19. The van der Waals surface area contributed by atoms with Crippen molar-refractivity contribution in [1.82, 2.24) is 9.97 Å². The van der Waals surface area contributed by atoms with E-state index in [0.29, 0.717) is 38.3 Å². The largest absolute Gasteiger partial charge is 0.246 e. The second kappa shape index (κ2) is 9.44. The van der Waals surface area contributed by atoms with E-state index in [1.54, 1.807) is 12.1 Å². The summed E-state index contributed by atoms with van der Waals surface area (Å²) in [4.78, 5) is 18.3. The van der Waals surface area contributed by atoms with E-state index in [4.69, 9.17) is 9.97 Å². The van der Waals surface area contributed by atoms with Gasteiger partial charge in [0.05, 0.1) is 11.0 Å². The Labute approximate surface area is 233 Å². The maximum atomic E-state index is 13.0. The molecule has 0 fully saturated rings. The van der Waals surface area contributed by atoms with E-state index in [-0.39, 0.29) is 0 Å². The fraction of sp³-hybridized carbons (Fsp3) is 0.0588. The van der Waals surface area contributed by atoms with Crippen molar-refractivity contribution >= 4 is 43.6 Å². The van der Waals surface area contributed by atoms with Crippen LogP contribution in [0.1, 0.15) is 11.1 Å². The van der Waals surface area contributed by atoms with Crippen LogP contribution in [0.5, 0.6) is 0 Å². The SMILES string of the molecule is Cc1cccc(-c2ccc3c(c2)c(=NC#N)c2nc4c(nc23)c(=NC#N)c2cc(-c3ccc(CF)cc3)ccc24)c1. The molecule has 0 aliphatic carbocycles. The number of fused-ring (bicyclic) bond motifs is 6. The van der Waals surface area contributed by atoms with Crippen LogP contribution >= 0.6 is 0 Å². The number of aryl methyl sites for hydroxylation is 1. The molecule has 1 aromatic heterocycles. The highest BCUT2D eigenvalue weighted by molar-refractivity contribution is 6.15. The molecule has 1 heterocycles. The van der Waals surface area contributed by atoms with Gasteiger partial charge in [0.1, 0.15) is 28.4 Å². The van der Waals surface area contributed by atoms with Gasteiger partial charge in [-0.15, -0.1) is 0 Å². The Kier molecular flexibility index (Phi) is 5.59. The first-order valence-corrected chi connectivity index (χ1v) is 13.0. The maximum absolute atomic E-state index is 13.0. The van der Waals surface area contributed by atoms with Crippen LogP contribution in [-0.4, -0.2) is 9.97 Å². The highest BCUT2D eigenvalue weighted by Crippen LogP contribution is 2.32. The van der Waals surface area contributed by atoms with Crippen molar-refractivity contribution in [3.05, 3.63) is 107 Å². The van der Waals surface area contributed by atoms with E-state index in [1.165, 1.54) is 0 Å². The molecule has 0 radical (unpaired) electrons. The molecule has 0 saturated heterocycles. The molecule has 7 heteroatoms. The minimum absolute atomic E-state index is 0.443. The molecule has 0 spiro atoms. The van der Waals surface area contributed by atoms with Crippen LogP contribution in [0.25, 0.3) is 65.9 Å². The summed E-state index contributed by atoms with van der Waals surface area (Å²) in [6.07, 6.45) is 3.86. The van der Waals surface area contributed by atoms with Gasteiger partial charge in [0.15, 0.2) is 0 Å². The fourth-order valence-corrected chi connectivity index (χ4v) is 5.59. The zero-order valence-corrected chi connectivity index (χ0v) is 21.9. The van der Waals surface area contributed by atoms with Crippen molar-refractivity contribution in [1.29, 1.82) is 10.5 Å². The van der Waals surface area contributed by atoms with Gasteiger partial charge in [-0.1, -0.05) is 78.4 Å². The van der Waals surface area contributed by atoms with Crippen LogP contribution in [0.3, 0.4) is 0 Å². The number of hydrogen-bond acceptors (Lipinski definition) is 6. The van der Waals surface area contributed by atoms with Gasteiger partial charge >= 0.3 is 0 Å². The van der Waals surface area contributed by atoms with Crippen molar-refractivity contribution in [2.24, 2.45) is 9.98 Å². The van der Waals surface area contributed by atoms with Gasteiger partial charge in [-0.25, -0.2) is 14.4 Å². The van der Waals surface area contributed by atoms with Gasteiger partial charge in [0.25, 0.3) is 0 Å². The number of aromatic nitrogens is 2. The Hall–Kier alpha value is -5.79. The quantitative estimate of drug-likeness (QED) is 0.234. The first-order valence-electron chi connectivity index (χ1n) is 13.0. The number of rotatable bonds is 3. The van der Waals surface area contributed by atoms with Gasteiger partial charge < -0.3 is 0 Å². The zero-order valence-electron chi connectivity index (χ0n) is 21.9. The first kappa shape index (κ1) is 24.3. The van der Waals surface area contributed by atoms with E-state index in [9.17, 15) is 14.9 Å². The minimum atomic E-state index is -0.520. The molecule has 0 bridgehead atoms. The fourth-order valence-electron chi connectivity index (χ4n) is 5.59. The molecule has 0 saturated carbocycles. The molecule has 0 N–H and O–H groups in total. The monoisotopic (exact) mass is 530 g/mol. The van der Waals surface area contributed by atoms with E-state index in [0.717, 1.165) is 49.4 Å². The molecule has 0 aliphatic heterocycles. The van der Waals surface area contributed by atoms with Crippen molar-refractivity contribution in [3.8, 4) is 34.6 Å². The van der Waals surface area contributed by atoms with Crippen LogP contribution in [0, 0.1) is 29.8 Å². The predicted octanol–water partition coefficient (Wildman–Crippen LogP) is 6.84. The van der Waals surface area contributed by atoms with Crippen molar-refractivity contribution < 1.29 is 4.39 Å². The Morgan fingerprint density at radius 2 is 1.12 bits per heavy atom. The van der Waals surface area contributed by atoms with Gasteiger partial charge in [-0.2, -0.15) is 20.5 Å². The number of nitriles is 2. The molecule has 192 valence electrons. The summed E-state index contributed by atoms with van der Waals surface area (Å²) in [5.41, 5.74) is 7.88. The Morgan fingerprint density at radius 1 is 0.610 bits per heavy atom. The summed E-state index contributed by atoms with van der Waals surface area (Å²) >= 11 is 0. The van der Waals surface area contributed by atoms with Gasteiger partial charge in [0.2, 0.25) is 12.4 Å². The second-order valence-corrected chi connectivity index (χ2v) is 9.96. The van der Waals surface area contributed by atoms with E-state index >= 15 is 0 Å². The summed E-state index contributed by atoms with van der Waals surface area (Å²) in [7, 11) is 0. The first-order chi connectivity index (χ1) is 20.1. The Bertz CT molecular complexity index is 2380. The highest BCUT2D eigenvalue weighted by atomic mass is 19.1. The average Bonchev–Trinajstić information content (AvgIpc) is 3.47. The molecule has 0 amide bonds. The van der Waals surface area contributed by atoms with Gasteiger partial charge in [-0.05, 0) is 46.9 Å². The summed E-state index contributed by atoms with van der Waals surface area (Å²) in [6, 6.07) is 27.4. The van der Waals surface area contributed by atoms with Crippen molar-refractivity contribution in [2.75, 3.05) is 0 Å². The molecule has 0 unspecified atom stereocenters. The molecule has 0 aliphatic rings. The molecule has 7 rings (SSSR count). The van der Waals surface area contributed by atoms with Gasteiger partial charge in [-0.3, -0.25) is 0 Å². The molecular formula is C34H19FN6. The Balaban J connectivity index is 1.52. The lowest BCUT2D eigenvalue weighted by molar-refractivity contribution is 0.485. The molecule has 41 heavy (non-hydrogen) atoms. The van der Waals surface area contributed by atoms with Crippen LogP contribution in [0.2, 0.25) is 0 Å². The van der Waals surface area contributed by atoms with E-state index in [2.05, 4.69) is 16.1 Å². The summed E-state index contributed by atoms with van der Waals surface area (Å²) < 4.78 is 13.0. The Morgan fingerprint density at radius 3 is 1.63 bits per heavy atom. The number of nitrogens with zero attached hydrogens (tertiary/aromatic N) is 6. The van der Waals surface area contributed by atoms with E-state index < -0.39 is 6.67 Å². The summed E-state index contributed by atoms with van der Waals surface area (Å²) in [6.45, 7) is 1.53. The van der Waals surface area contributed by atoms with Crippen molar-refractivity contribution in [3.63, 3.8) is 0 Å².